The quantitative estimate of drug-likeness (QED) is 0.353. The molecule has 0 atom stereocenters. The molecule has 1 amide bonds. The lowest BCUT2D eigenvalue weighted by Crippen LogP contribution is -2.21. The van der Waals surface area contributed by atoms with Crippen LogP contribution in [-0.4, -0.2) is 49.5 Å². The van der Waals surface area contributed by atoms with Gasteiger partial charge in [0.25, 0.3) is 0 Å². The second-order valence-corrected chi connectivity index (χ2v) is 8.06. The minimum Gasteiger partial charge on any atom is -0.467 e. The molecule has 0 unspecified atom stereocenters. The van der Waals surface area contributed by atoms with E-state index in [2.05, 4.69) is 44.2 Å². The number of nitrogens with zero attached hydrogens (tertiary/aromatic N) is 6. The van der Waals surface area contributed by atoms with Crippen molar-refractivity contribution >= 4 is 29.0 Å². The Bertz CT molecular complexity index is 1160. The molecule has 0 bridgehead atoms. The Morgan fingerprint density at radius 3 is 2.61 bits per heavy atom. The van der Waals surface area contributed by atoms with Crippen LogP contribution in [0.3, 0.4) is 0 Å². The summed E-state index contributed by atoms with van der Waals surface area (Å²) in [6.45, 7) is 6.54. The highest BCUT2D eigenvalue weighted by Gasteiger charge is 2.18. The third-order valence-corrected chi connectivity index (χ3v) is 5.98. The van der Waals surface area contributed by atoms with Crippen LogP contribution in [0.5, 0.6) is 0 Å². The van der Waals surface area contributed by atoms with Crippen molar-refractivity contribution in [2.75, 3.05) is 29.1 Å². The highest BCUT2D eigenvalue weighted by Crippen LogP contribution is 2.24. The van der Waals surface area contributed by atoms with E-state index in [1.807, 2.05) is 41.0 Å². The highest BCUT2D eigenvalue weighted by atomic mass is 32.2. The standard InChI is InChI=1S/C23H25N7O2S/c1-3-29(4-2)18-9-7-17(8-10-18)26-21(31)16-33-23-28-27-22(20-14-24-11-12-25-20)30(23)15-19-6-5-13-32-19/h5-14H,3-4,15-16H2,1-2H3,(H,26,31). The average molecular weight is 464 g/mol. The predicted octanol–water partition coefficient (Wildman–Crippen LogP) is 3.95. The molecule has 10 heteroatoms. The SMILES string of the molecule is CCN(CC)c1ccc(NC(=O)CSc2nnc(-c3cnccn3)n2Cc2ccco2)cc1. The van der Waals surface area contributed by atoms with Gasteiger partial charge in [-0.25, -0.2) is 4.98 Å². The van der Waals surface area contributed by atoms with Crippen molar-refractivity contribution in [3.63, 3.8) is 0 Å². The van der Waals surface area contributed by atoms with E-state index in [1.54, 1.807) is 24.9 Å². The summed E-state index contributed by atoms with van der Waals surface area (Å²) in [5.41, 5.74) is 2.49. The van der Waals surface area contributed by atoms with Crippen LogP contribution in [0, 0.1) is 0 Å². The minimum atomic E-state index is -0.121. The topological polar surface area (TPSA) is 102 Å². The van der Waals surface area contributed by atoms with Gasteiger partial charge in [0.05, 0.1) is 24.8 Å². The van der Waals surface area contributed by atoms with E-state index >= 15 is 0 Å². The zero-order chi connectivity index (χ0) is 23.0. The predicted molar refractivity (Wildman–Crippen MR) is 128 cm³/mol. The maximum absolute atomic E-state index is 12.6. The fraction of sp³-hybridized carbons (Fsp3) is 0.261. The van der Waals surface area contributed by atoms with E-state index in [0.29, 0.717) is 23.2 Å². The van der Waals surface area contributed by atoms with Gasteiger partial charge in [0.1, 0.15) is 11.5 Å². The van der Waals surface area contributed by atoms with Crippen molar-refractivity contribution in [1.82, 2.24) is 24.7 Å². The molecule has 170 valence electrons. The van der Waals surface area contributed by atoms with Crippen LogP contribution >= 0.6 is 11.8 Å². The summed E-state index contributed by atoms with van der Waals surface area (Å²) in [5.74, 6) is 1.38. The van der Waals surface area contributed by atoms with Gasteiger partial charge < -0.3 is 14.6 Å². The van der Waals surface area contributed by atoms with Gasteiger partial charge >= 0.3 is 0 Å². The molecule has 4 rings (SSSR count). The number of benzene rings is 1. The van der Waals surface area contributed by atoms with E-state index in [4.69, 9.17) is 4.42 Å². The van der Waals surface area contributed by atoms with Crippen LogP contribution in [-0.2, 0) is 11.3 Å². The number of aromatic nitrogens is 5. The van der Waals surface area contributed by atoms with Gasteiger partial charge in [0, 0.05) is 36.9 Å². The molecule has 0 aliphatic heterocycles. The van der Waals surface area contributed by atoms with Gasteiger partial charge in [-0.05, 0) is 50.2 Å². The summed E-state index contributed by atoms with van der Waals surface area (Å²) in [4.78, 5) is 23.3. The van der Waals surface area contributed by atoms with Gasteiger partial charge in [-0.1, -0.05) is 11.8 Å². The third-order valence-electron chi connectivity index (χ3n) is 5.02. The van der Waals surface area contributed by atoms with Crippen molar-refractivity contribution in [3.05, 3.63) is 67.0 Å². The Morgan fingerprint density at radius 1 is 1.12 bits per heavy atom. The van der Waals surface area contributed by atoms with Crippen molar-refractivity contribution in [1.29, 1.82) is 0 Å². The molecule has 0 radical (unpaired) electrons. The summed E-state index contributed by atoms with van der Waals surface area (Å²) in [7, 11) is 0. The van der Waals surface area contributed by atoms with Crippen LogP contribution in [0.2, 0.25) is 0 Å². The molecule has 0 saturated carbocycles. The first kappa shape index (κ1) is 22.5. The third kappa shape index (κ3) is 5.58. The summed E-state index contributed by atoms with van der Waals surface area (Å²) in [6, 6.07) is 11.6. The van der Waals surface area contributed by atoms with E-state index in [9.17, 15) is 4.79 Å². The molecule has 0 aliphatic carbocycles. The molecule has 4 aromatic rings. The van der Waals surface area contributed by atoms with E-state index < -0.39 is 0 Å². The van der Waals surface area contributed by atoms with Gasteiger partial charge in [-0.15, -0.1) is 10.2 Å². The number of carbonyl (C=O) groups excluding carboxylic acids is 1. The van der Waals surface area contributed by atoms with Crippen LogP contribution in [0.25, 0.3) is 11.5 Å². The zero-order valence-corrected chi connectivity index (χ0v) is 19.3. The Hall–Kier alpha value is -3.66. The summed E-state index contributed by atoms with van der Waals surface area (Å²) < 4.78 is 7.37. The molecule has 1 N–H and O–H groups in total. The second kappa shape index (κ2) is 10.8. The number of furan rings is 1. The van der Waals surface area contributed by atoms with Crippen LogP contribution in [0.4, 0.5) is 11.4 Å². The zero-order valence-electron chi connectivity index (χ0n) is 18.5. The molecule has 1 aromatic carbocycles. The van der Waals surface area contributed by atoms with Gasteiger partial charge in [0.15, 0.2) is 11.0 Å². The summed E-state index contributed by atoms with van der Waals surface area (Å²) in [6.07, 6.45) is 6.46. The number of thioether (sulfide) groups is 1. The second-order valence-electron chi connectivity index (χ2n) is 7.12. The average Bonchev–Trinajstić information content (AvgIpc) is 3.50. The molecule has 0 saturated heterocycles. The molecule has 3 heterocycles. The number of rotatable bonds is 10. The largest absolute Gasteiger partial charge is 0.467 e. The number of hydrogen-bond acceptors (Lipinski definition) is 8. The summed E-state index contributed by atoms with van der Waals surface area (Å²) >= 11 is 1.31. The number of hydrogen-bond donors (Lipinski definition) is 1. The molecular weight excluding hydrogens is 438 g/mol. The normalized spacial score (nSPS) is 10.8. The monoisotopic (exact) mass is 463 g/mol. The molecule has 0 spiro atoms. The smallest absolute Gasteiger partial charge is 0.234 e. The molecule has 3 aromatic heterocycles. The molecule has 0 fully saturated rings. The van der Waals surface area contributed by atoms with E-state index in [0.717, 1.165) is 30.2 Å². The lowest BCUT2D eigenvalue weighted by molar-refractivity contribution is -0.113. The van der Waals surface area contributed by atoms with E-state index in [1.165, 1.54) is 11.8 Å². The molecule has 0 aliphatic rings. The molecule has 9 nitrogen and oxygen atoms in total. The number of nitrogens with one attached hydrogen (secondary N) is 1. The highest BCUT2D eigenvalue weighted by molar-refractivity contribution is 7.99. The summed E-state index contributed by atoms with van der Waals surface area (Å²) in [5, 5.41) is 12.1. The lowest BCUT2D eigenvalue weighted by Gasteiger charge is -2.21. The minimum absolute atomic E-state index is 0.121. The maximum atomic E-state index is 12.6. The number of anilines is 2. The Balaban J connectivity index is 1.44. The van der Waals surface area contributed by atoms with Gasteiger partial charge in [-0.3, -0.25) is 14.3 Å². The molecular formula is C23H25N7O2S. The van der Waals surface area contributed by atoms with Crippen LogP contribution in [0.15, 0.2) is 70.8 Å². The Labute approximate surface area is 196 Å². The fourth-order valence-electron chi connectivity index (χ4n) is 3.37. The van der Waals surface area contributed by atoms with Crippen molar-refractivity contribution in [2.45, 2.75) is 25.5 Å². The van der Waals surface area contributed by atoms with Gasteiger partial charge in [-0.2, -0.15) is 0 Å². The Kier molecular flexibility index (Phi) is 7.36. The first-order chi connectivity index (χ1) is 16.2. The van der Waals surface area contributed by atoms with Crippen molar-refractivity contribution in [2.24, 2.45) is 0 Å². The van der Waals surface area contributed by atoms with E-state index in [-0.39, 0.29) is 11.7 Å². The van der Waals surface area contributed by atoms with Crippen molar-refractivity contribution < 1.29 is 9.21 Å². The first-order valence-corrected chi connectivity index (χ1v) is 11.7. The fourth-order valence-corrected chi connectivity index (χ4v) is 4.11. The molecule has 33 heavy (non-hydrogen) atoms. The maximum Gasteiger partial charge on any atom is 0.234 e. The van der Waals surface area contributed by atoms with Crippen LogP contribution < -0.4 is 10.2 Å². The Morgan fingerprint density at radius 2 is 1.94 bits per heavy atom. The lowest BCUT2D eigenvalue weighted by atomic mass is 10.2. The first-order valence-electron chi connectivity index (χ1n) is 10.7. The van der Waals surface area contributed by atoms with Gasteiger partial charge in [0.2, 0.25) is 5.91 Å². The van der Waals surface area contributed by atoms with Crippen molar-refractivity contribution in [3.8, 4) is 11.5 Å². The van der Waals surface area contributed by atoms with Crippen LogP contribution in [0.1, 0.15) is 19.6 Å². The number of carbonyl (C=O) groups is 1. The number of amides is 1.